The topological polar surface area (TPSA) is 83.0 Å². The van der Waals surface area contributed by atoms with Crippen LogP contribution in [0.1, 0.15) is 31.4 Å². The van der Waals surface area contributed by atoms with Gasteiger partial charge in [-0.2, -0.15) is 5.10 Å². The molecule has 0 radical (unpaired) electrons. The Morgan fingerprint density at radius 3 is 2.38 bits per heavy atom. The Hall–Kier alpha value is -3.35. The van der Waals surface area contributed by atoms with E-state index in [4.69, 9.17) is 4.74 Å². The molecule has 0 aliphatic rings. The van der Waals surface area contributed by atoms with Gasteiger partial charge >= 0.3 is 0 Å². The van der Waals surface area contributed by atoms with Crippen LogP contribution in [0.5, 0.6) is 5.75 Å². The predicted octanol–water partition coefficient (Wildman–Crippen LogP) is 3.33. The van der Waals surface area contributed by atoms with Crippen molar-refractivity contribution in [3.8, 4) is 5.75 Å². The number of methoxy groups -OCH3 is 1. The van der Waals surface area contributed by atoms with Crippen LogP contribution in [0.15, 0.2) is 47.6 Å². The second kappa shape index (κ2) is 10.8. The van der Waals surface area contributed by atoms with E-state index in [1.165, 1.54) is 6.21 Å². The predicted molar refractivity (Wildman–Crippen MR) is 117 cm³/mol. The molecule has 0 aromatic heterocycles. The zero-order chi connectivity index (χ0) is 21.2. The number of hydrogen-bond acceptors (Lipinski definition) is 5. The van der Waals surface area contributed by atoms with Gasteiger partial charge < -0.3 is 15.0 Å². The quantitative estimate of drug-likeness (QED) is 0.387. The summed E-state index contributed by atoms with van der Waals surface area (Å²) < 4.78 is 5.43. The first-order valence-electron chi connectivity index (χ1n) is 9.58. The van der Waals surface area contributed by atoms with Crippen LogP contribution in [0.2, 0.25) is 0 Å². The number of amides is 2. The first kappa shape index (κ1) is 21.9. The van der Waals surface area contributed by atoms with Crippen molar-refractivity contribution in [2.45, 2.75) is 27.2 Å². The van der Waals surface area contributed by atoms with Gasteiger partial charge in [-0.1, -0.05) is 17.7 Å². The molecule has 0 bridgehead atoms. The minimum Gasteiger partial charge on any atom is -0.496 e. The lowest BCUT2D eigenvalue weighted by Crippen LogP contribution is -2.24. The Labute approximate surface area is 171 Å². The molecule has 154 valence electrons. The number of hydrazone groups is 1. The van der Waals surface area contributed by atoms with Crippen molar-refractivity contribution in [3.63, 3.8) is 0 Å². The van der Waals surface area contributed by atoms with Crippen molar-refractivity contribution in [1.29, 1.82) is 0 Å². The lowest BCUT2D eigenvalue weighted by Gasteiger charge is -2.21. The van der Waals surface area contributed by atoms with Crippen molar-refractivity contribution in [1.82, 2.24) is 5.43 Å². The molecule has 0 heterocycles. The summed E-state index contributed by atoms with van der Waals surface area (Å²) in [5.41, 5.74) is 5.90. The smallest absolute Gasteiger partial charge is 0.249 e. The minimum absolute atomic E-state index is 0.316. The van der Waals surface area contributed by atoms with E-state index in [9.17, 15) is 9.59 Å². The van der Waals surface area contributed by atoms with E-state index in [-0.39, 0.29) is 6.42 Å². The third-order valence-corrected chi connectivity index (χ3v) is 4.39. The molecule has 0 aliphatic carbocycles. The maximum Gasteiger partial charge on any atom is 0.249 e. The SMILES string of the molecule is CCN(CC)c1ccc(C=NNC(=O)CC(=O)Nc2ccc(C)cc2)c(OC)c1. The summed E-state index contributed by atoms with van der Waals surface area (Å²) in [6, 6.07) is 13.2. The molecule has 2 rings (SSSR count). The van der Waals surface area contributed by atoms with Crippen molar-refractivity contribution >= 4 is 29.4 Å². The van der Waals surface area contributed by atoms with E-state index < -0.39 is 11.8 Å². The van der Waals surface area contributed by atoms with Crippen molar-refractivity contribution in [2.75, 3.05) is 30.4 Å². The Balaban J connectivity index is 1.92. The average Bonchev–Trinajstić information content (AvgIpc) is 2.71. The number of nitrogens with one attached hydrogen (secondary N) is 2. The van der Waals surface area contributed by atoms with E-state index in [0.717, 1.165) is 29.9 Å². The van der Waals surface area contributed by atoms with Crippen LogP contribution in [-0.4, -0.2) is 38.2 Å². The molecule has 0 aliphatic heterocycles. The molecule has 0 saturated heterocycles. The highest BCUT2D eigenvalue weighted by Crippen LogP contribution is 2.24. The first-order valence-corrected chi connectivity index (χ1v) is 9.58. The summed E-state index contributed by atoms with van der Waals surface area (Å²) in [6.07, 6.45) is 1.18. The fourth-order valence-corrected chi connectivity index (χ4v) is 2.79. The van der Waals surface area contributed by atoms with Gasteiger partial charge in [0.25, 0.3) is 0 Å². The van der Waals surface area contributed by atoms with Crippen molar-refractivity contribution < 1.29 is 14.3 Å². The zero-order valence-electron chi connectivity index (χ0n) is 17.4. The molecule has 7 heteroatoms. The number of carbonyl (C=O) groups excluding carboxylic acids is 2. The van der Waals surface area contributed by atoms with Crippen molar-refractivity contribution in [3.05, 3.63) is 53.6 Å². The molecule has 0 fully saturated rings. The highest BCUT2D eigenvalue weighted by atomic mass is 16.5. The Kier molecular flexibility index (Phi) is 8.21. The van der Waals surface area contributed by atoms with E-state index in [1.807, 2.05) is 37.3 Å². The molecule has 2 aromatic rings. The summed E-state index contributed by atoms with van der Waals surface area (Å²) >= 11 is 0. The fourth-order valence-electron chi connectivity index (χ4n) is 2.79. The number of hydrogen-bond donors (Lipinski definition) is 2. The molecule has 2 N–H and O–H groups in total. The van der Waals surface area contributed by atoms with Gasteiger partial charge in [0.15, 0.2) is 0 Å². The fraction of sp³-hybridized carbons (Fsp3) is 0.318. The first-order chi connectivity index (χ1) is 14.0. The third-order valence-electron chi connectivity index (χ3n) is 4.39. The number of nitrogens with zero attached hydrogens (tertiary/aromatic N) is 2. The maximum atomic E-state index is 12.0. The van der Waals surface area contributed by atoms with Gasteiger partial charge in [-0.05, 0) is 45.0 Å². The van der Waals surface area contributed by atoms with Crippen LogP contribution in [0.4, 0.5) is 11.4 Å². The number of carbonyl (C=O) groups is 2. The van der Waals surface area contributed by atoms with Gasteiger partial charge in [0.1, 0.15) is 12.2 Å². The molecule has 0 unspecified atom stereocenters. The van der Waals surface area contributed by atoms with Gasteiger partial charge in [-0.25, -0.2) is 5.43 Å². The van der Waals surface area contributed by atoms with Crippen molar-refractivity contribution in [2.24, 2.45) is 5.10 Å². The van der Waals surface area contributed by atoms with Crippen LogP contribution in [0.3, 0.4) is 0 Å². The normalized spacial score (nSPS) is 10.6. The lowest BCUT2D eigenvalue weighted by atomic mass is 10.2. The highest BCUT2D eigenvalue weighted by molar-refractivity contribution is 6.03. The second-order valence-electron chi connectivity index (χ2n) is 6.48. The molecule has 7 nitrogen and oxygen atoms in total. The van der Waals surface area contributed by atoms with E-state index in [2.05, 4.69) is 34.6 Å². The van der Waals surface area contributed by atoms with Gasteiger partial charge in [0.2, 0.25) is 11.8 Å². The molecule has 0 atom stereocenters. The Morgan fingerprint density at radius 1 is 1.07 bits per heavy atom. The number of aryl methyl sites for hydroxylation is 1. The largest absolute Gasteiger partial charge is 0.496 e. The van der Waals surface area contributed by atoms with E-state index in [1.54, 1.807) is 19.2 Å². The van der Waals surface area contributed by atoms with Gasteiger partial charge in [0.05, 0.1) is 13.3 Å². The summed E-state index contributed by atoms with van der Waals surface area (Å²) in [4.78, 5) is 26.1. The lowest BCUT2D eigenvalue weighted by molar-refractivity contribution is -0.126. The Bertz CT molecular complexity index is 859. The molecule has 0 saturated carbocycles. The highest BCUT2D eigenvalue weighted by Gasteiger charge is 2.10. The van der Waals surface area contributed by atoms with Crippen LogP contribution < -0.4 is 20.4 Å². The summed E-state index contributed by atoms with van der Waals surface area (Å²) in [5.74, 6) is -0.239. The maximum absolute atomic E-state index is 12.0. The third kappa shape index (κ3) is 6.64. The summed E-state index contributed by atoms with van der Waals surface area (Å²) in [6.45, 7) is 7.94. The summed E-state index contributed by atoms with van der Waals surface area (Å²) in [7, 11) is 1.59. The van der Waals surface area contributed by atoms with Crippen LogP contribution >= 0.6 is 0 Å². The Morgan fingerprint density at radius 2 is 1.76 bits per heavy atom. The minimum atomic E-state index is -0.496. The van der Waals surface area contributed by atoms with Gasteiger partial charge in [-0.15, -0.1) is 0 Å². The van der Waals surface area contributed by atoms with Gasteiger partial charge in [0, 0.05) is 36.1 Å². The van der Waals surface area contributed by atoms with E-state index >= 15 is 0 Å². The second-order valence-corrected chi connectivity index (χ2v) is 6.48. The zero-order valence-corrected chi connectivity index (χ0v) is 17.4. The molecule has 2 amide bonds. The standard InChI is InChI=1S/C22H28N4O3/c1-5-26(6-2)19-12-9-17(20(13-19)29-4)15-23-25-22(28)14-21(27)24-18-10-7-16(3)8-11-18/h7-13,15H,5-6,14H2,1-4H3,(H,24,27)(H,25,28). The number of rotatable bonds is 9. The number of anilines is 2. The van der Waals surface area contributed by atoms with Crippen LogP contribution in [0.25, 0.3) is 0 Å². The number of benzene rings is 2. The number of ether oxygens (including phenoxy) is 1. The van der Waals surface area contributed by atoms with E-state index in [0.29, 0.717) is 11.4 Å². The molecule has 29 heavy (non-hydrogen) atoms. The van der Waals surface area contributed by atoms with Gasteiger partial charge in [-0.3, -0.25) is 9.59 Å². The molecule has 0 spiro atoms. The van der Waals surface area contributed by atoms with Crippen LogP contribution in [-0.2, 0) is 9.59 Å². The van der Waals surface area contributed by atoms with Crippen LogP contribution in [0, 0.1) is 6.92 Å². The summed E-state index contributed by atoms with van der Waals surface area (Å²) in [5, 5.41) is 6.62. The monoisotopic (exact) mass is 396 g/mol. The molecular weight excluding hydrogens is 368 g/mol. The molecular formula is C22H28N4O3. The molecule has 2 aromatic carbocycles. The average molecular weight is 396 g/mol.